The molecule has 0 aliphatic carbocycles. The number of aromatic nitrogens is 4. The fraction of sp³-hybridized carbons (Fsp3) is 0.333. The van der Waals surface area contributed by atoms with Crippen molar-refractivity contribution in [1.29, 1.82) is 0 Å². The summed E-state index contributed by atoms with van der Waals surface area (Å²) in [5.41, 5.74) is -0.167. The van der Waals surface area contributed by atoms with E-state index in [4.69, 9.17) is 0 Å². The maximum Gasteiger partial charge on any atom is 0.342 e. The van der Waals surface area contributed by atoms with Gasteiger partial charge in [-0.15, -0.1) is 16.4 Å². The van der Waals surface area contributed by atoms with Crippen LogP contribution in [0.4, 0.5) is 5.82 Å². The number of hydrogen-bond acceptors (Lipinski definition) is 6. The number of thiazole rings is 1. The lowest BCUT2D eigenvalue weighted by atomic mass is 10.3. The Morgan fingerprint density at radius 3 is 2.94 bits per heavy atom. The van der Waals surface area contributed by atoms with Gasteiger partial charge in [-0.2, -0.15) is 0 Å². The Balaban J connectivity index is 1.94. The zero-order chi connectivity index (χ0) is 12.3. The van der Waals surface area contributed by atoms with E-state index in [1.165, 1.54) is 0 Å². The zero-order valence-corrected chi connectivity index (χ0v) is 9.93. The maximum atomic E-state index is 11.3. The average molecular weight is 253 g/mol. The van der Waals surface area contributed by atoms with Crippen LogP contribution in [0.5, 0.6) is 0 Å². The second kappa shape index (κ2) is 4.91. The topological polar surface area (TPSA) is 104 Å². The first-order valence-electron chi connectivity index (χ1n) is 4.99. The lowest BCUT2D eigenvalue weighted by Gasteiger charge is -2.01. The van der Waals surface area contributed by atoms with E-state index in [1.807, 2.05) is 12.3 Å². The third kappa shape index (κ3) is 3.00. The molecule has 2 rings (SSSR count). The molecule has 8 heteroatoms. The number of aromatic amines is 2. The highest BCUT2D eigenvalue weighted by Crippen LogP contribution is 2.08. The molecule has 0 atom stereocenters. The zero-order valence-electron chi connectivity index (χ0n) is 9.11. The molecule has 0 amide bonds. The van der Waals surface area contributed by atoms with Crippen molar-refractivity contribution < 1.29 is 0 Å². The molecule has 0 aliphatic heterocycles. The Morgan fingerprint density at radius 1 is 1.47 bits per heavy atom. The smallest absolute Gasteiger partial charge is 0.342 e. The summed E-state index contributed by atoms with van der Waals surface area (Å²) in [5, 5.41) is 11.6. The van der Waals surface area contributed by atoms with Crippen molar-refractivity contribution in [1.82, 2.24) is 20.2 Å². The molecule has 0 aromatic carbocycles. The molecule has 2 aromatic heterocycles. The molecule has 0 aliphatic rings. The lowest BCUT2D eigenvalue weighted by Crippen LogP contribution is -2.27. The average Bonchev–Trinajstić information content (AvgIpc) is 2.68. The van der Waals surface area contributed by atoms with E-state index in [1.54, 1.807) is 11.3 Å². The number of nitrogens with one attached hydrogen (secondary N) is 3. The van der Waals surface area contributed by atoms with Crippen LogP contribution < -0.4 is 16.6 Å². The Hall–Kier alpha value is -1.96. The first-order chi connectivity index (χ1) is 8.15. The van der Waals surface area contributed by atoms with Gasteiger partial charge in [0.2, 0.25) is 5.82 Å². The van der Waals surface area contributed by atoms with Crippen LogP contribution in [0.25, 0.3) is 0 Å². The monoisotopic (exact) mass is 253 g/mol. The number of aryl methyl sites for hydroxylation is 1. The van der Waals surface area contributed by atoms with E-state index >= 15 is 0 Å². The molecule has 3 N–H and O–H groups in total. The first kappa shape index (κ1) is 11.5. The van der Waals surface area contributed by atoms with Crippen molar-refractivity contribution in [3.8, 4) is 0 Å². The van der Waals surface area contributed by atoms with Crippen LogP contribution in [0.3, 0.4) is 0 Å². The van der Waals surface area contributed by atoms with Crippen molar-refractivity contribution in [2.45, 2.75) is 13.3 Å². The standard InChI is InChI=1S/C9H11N5O2S/c1-5-11-6(4-17-5)2-3-10-7-8(15)12-9(16)14-13-7/h4H,2-3H2,1H3,(H,10,13)(H2,12,14,15,16). The largest absolute Gasteiger partial charge is 0.364 e. The van der Waals surface area contributed by atoms with E-state index in [2.05, 4.69) is 25.5 Å². The Kier molecular flexibility index (Phi) is 3.33. The molecular weight excluding hydrogens is 242 g/mol. The molecule has 0 unspecified atom stereocenters. The Labute approximate surface area is 99.9 Å². The van der Waals surface area contributed by atoms with Gasteiger partial charge in [0.05, 0.1) is 10.7 Å². The number of hydrogen-bond donors (Lipinski definition) is 3. The molecule has 7 nitrogen and oxygen atoms in total. The highest BCUT2D eigenvalue weighted by molar-refractivity contribution is 7.09. The van der Waals surface area contributed by atoms with E-state index in [9.17, 15) is 9.59 Å². The predicted octanol–water partition coefficient (Wildman–Crippen LogP) is -0.122. The van der Waals surface area contributed by atoms with Crippen LogP contribution in [0.2, 0.25) is 0 Å². The summed E-state index contributed by atoms with van der Waals surface area (Å²) in [6, 6.07) is 0. The fourth-order valence-corrected chi connectivity index (χ4v) is 1.95. The van der Waals surface area contributed by atoms with Gasteiger partial charge in [-0.05, 0) is 6.92 Å². The quantitative estimate of drug-likeness (QED) is 0.704. The van der Waals surface area contributed by atoms with Gasteiger partial charge >= 0.3 is 5.69 Å². The fourth-order valence-electron chi connectivity index (χ4n) is 1.30. The normalized spacial score (nSPS) is 10.4. The van der Waals surface area contributed by atoms with E-state index in [0.717, 1.165) is 10.7 Å². The Morgan fingerprint density at radius 2 is 2.29 bits per heavy atom. The van der Waals surface area contributed by atoms with Crippen molar-refractivity contribution in [2.24, 2.45) is 0 Å². The summed E-state index contributed by atoms with van der Waals surface area (Å²) in [6.45, 7) is 2.47. The van der Waals surface area contributed by atoms with Gasteiger partial charge in [-0.25, -0.2) is 14.9 Å². The van der Waals surface area contributed by atoms with Gasteiger partial charge in [-0.1, -0.05) is 0 Å². The van der Waals surface area contributed by atoms with Gasteiger partial charge in [-0.3, -0.25) is 9.78 Å². The SMILES string of the molecule is Cc1nc(CCNc2n[nH]c(=O)[nH]c2=O)cs1. The molecule has 17 heavy (non-hydrogen) atoms. The summed E-state index contributed by atoms with van der Waals surface area (Å²) in [5.74, 6) is 0.108. The Bertz CT molecular complexity index is 614. The first-order valence-corrected chi connectivity index (χ1v) is 5.87. The minimum atomic E-state index is -0.615. The van der Waals surface area contributed by atoms with Crippen molar-refractivity contribution in [3.63, 3.8) is 0 Å². The van der Waals surface area contributed by atoms with Gasteiger partial charge in [0.15, 0.2) is 0 Å². The van der Waals surface area contributed by atoms with E-state index in [0.29, 0.717) is 13.0 Å². The minimum absolute atomic E-state index is 0.108. The molecule has 2 aromatic rings. The molecule has 2 heterocycles. The molecule has 0 saturated heterocycles. The number of nitrogens with zero attached hydrogens (tertiary/aromatic N) is 2. The second-order valence-corrected chi connectivity index (χ2v) is 4.45. The molecule has 0 spiro atoms. The van der Waals surface area contributed by atoms with Crippen LogP contribution in [-0.4, -0.2) is 26.7 Å². The van der Waals surface area contributed by atoms with Crippen molar-refractivity contribution in [3.05, 3.63) is 36.9 Å². The lowest BCUT2D eigenvalue weighted by molar-refractivity contribution is 0.872. The van der Waals surface area contributed by atoms with Gasteiger partial charge in [0, 0.05) is 18.3 Å². The van der Waals surface area contributed by atoms with E-state index < -0.39 is 11.2 Å². The van der Waals surface area contributed by atoms with Crippen molar-refractivity contribution >= 4 is 17.2 Å². The van der Waals surface area contributed by atoms with Gasteiger partial charge in [0.1, 0.15) is 0 Å². The van der Waals surface area contributed by atoms with Gasteiger partial charge in [0.25, 0.3) is 5.56 Å². The van der Waals surface area contributed by atoms with Crippen LogP contribution in [-0.2, 0) is 6.42 Å². The summed E-state index contributed by atoms with van der Waals surface area (Å²) in [7, 11) is 0. The van der Waals surface area contributed by atoms with Crippen LogP contribution >= 0.6 is 11.3 Å². The van der Waals surface area contributed by atoms with Gasteiger partial charge < -0.3 is 5.32 Å². The molecular formula is C9H11N5O2S. The van der Waals surface area contributed by atoms with Crippen LogP contribution in [0.1, 0.15) is 10.7 Å². The summed E-state index contributed by atoms with van der Waals surface area (Å²) in [6.07, 6.45) is 0.699. The summed E-state index contributed by atoms with van der Waals surface area (Å²) >= 11 is 1.59. The van der Waals surface area contributed by atoms with Crippen molar-refractivity contribution in [2.75, 3.05) is 11.9 Å². The summed E-state index contributed by atoms with van der Waals surface area (Å²) in [4.78, 5) is 28.4. The molecule has 0 bridgehead atoms. The number of anilines is 1. The third-order valence-electron chi connectivity index (χ3n) is 2.05. The predicted molar refractivity (Wildman–Crippen MR) is 64.5 cm³/mol. The summed E-state index contributed by atoms with van der Waals surface area (Å²) < 4.78 is 0. The molecule has 0 fully saturated rings. The number of rotatable bonds is 4. The molecule has 0 radical (unpaired) electrons. The highest BCUT2D eigenvalue weighted by atomic mass is 32.1. The molecule has 90 valence electrons. The van der Waals surface area contributed by atoms with Crippen LogP contribution in [0, 0.1) is 6.92 Å². The maximum absolute atomic E-state index is 11.3. The number of H-pyrrole nitrogens is 2. The highest BCUT2D eigenvalue weighted by Gasteiger charge is 2.02. The molecule has 0 saturated carbocycles. The van der Waals surface area contributed by atoms with Crippen LogP contribution in [0.15, 0.2) is 15.0 Å². The second-order valence-electron chi connectivity index (χ2n) is 3.39. The third-order valence-corrected chi connectivity index (χ3v) is 2.87. The van der Waals surface area contributed by atoms with E-state index in [-0.39, 0.29) is 5.82 Å². The minimum Gasteiger partial charge on any atom is -0.364 e.